The topological polar surface area (TPSA) is 75.5 Å². The predicted octanol–water partition coefficient (Wildman–Crippen LogP) is 1.45. The minimum atomic E-state index is -2.85. The van der Waals surface area contributed by atoms with E-state index in [4.69, 9.17) is 9.47 Å². The number of aromatic nitrogens is 3. The molecule has 0 bridgehead atoms. The third kappa shape index (κ3) is 5.35. The van der Waals surface area contributed by atoms with Crippen molar-refractivity contribution in [3.8, 4) is 0 Å². The first-order valence-corrected chi connectivity index (χ1v) is 6.57. The Hall–Kier alpha value is -1.61. The first kappa shape index (κ1) is 17.4. The van der Waals surface area contributed by atoms with Crippen LogP contribution in [0.3, 0.4) is 0 Å². The molecule has 0 fully saturated rings. The van der Waals surface area contributed by atoms with E-state index >= 15 is 0 Å². The maximum atomic E-state index is 13.0. The number of hydrogen-bond donors (Lipinski definition) is 0. The van der Waals surface area contributed by atoms with Gasteiger partial charge >= 0.3 is 5.97 Å². The molecule has 21 heavy (non-hydrogen) atoms. The number of carbonyl (C=O) groups is 1. The molecule has 0 aliphatic rings. The second-order valence-corrected chi connectivity index (χ2v) is 4.03. The van der Waals surface area contributed by atoms with Gasteiger partial charge in [0.25, 0.3) is 6.43 Å². The molecular weight excluding hydrogens is 288 g/mol. The van der Waals surface area contributed by atoms with Crippen LogP contribution in [0.1, 0.15) is 36.0 Å². The third-order valence-electron chi connectivity index (χ3n) is 2.54. The zero-order chi connectivity index (χ0) is 15.7. The van der Waals surface area contributed by atoms with Crippen LogP contribution in [0, 0.1) is 0 Å². The fourth-order valence-electron chi connectivity index (χ4n) is 1.61. The van der Waals surface area contributed by atoms with Crippen LogP contribution in [0.2, 0.25) is 0 Å². The summed E-state index contributed by atoms with van der Waals surface area (Å²) in [5, 5.41) is 7.06. The molecule has 9 heteroatoms. The standard InChI is InChI=1S/C12H19F2N3O4/c1-3-21-12(18)9-10(11(13)14)17(16-15-9)5-4-6-20-8-7-19-2/h11H,3-8H2,1-2H3. The lowest BCUT2D eigenvalue weighted by atomic mass is 10.3. The number of aryl methyl sites for hydroxylation is 1. The number of nitrogens with zero attached hydrogens (tertiary/aromatic N) is 3. The fraction of sp³-hybridized carbons (Fsp3) is 0.750. The molecule has 1 aromatic heterocycles. The van der Waals surface area contributed by atoms with E-state index in [1.165, 1.54) is 0 Å². The van der Waals surface area contributed by atoms with Gasteiger partial charge in [-0.25, -0.2) is 18.3 Å². The highest BCUT2D eigenvalue weighted by atomic mass is 19.3. The van der Waals surface area contributed by atoms with Crippen molar-refractivity contribution in [1.29, 1.82) is 0 Å². The first-order valence-electron chi connectivity index (χ1n) is 6.57. The molecule has 120 valence electrons. The summed E-state index contributed by atoms with van der Waals surface area (Å²) in [5.41, 5.74) is -0.961. The van der Waals surface area contributed by atoms with Gasteiger partial charge in [-0.3, -0.25) is 0 Å². The number of alkyl halides is 2. The van der Waals surface area contributed by atoms with E-state index in [0.717, 1.165) is 4.68 Å². The summed E-state index contributed by atoms with van der Waals surface area (Å²) in [7, 11) is 1.56. The van der Waals surface area contributed by atoms with Crippen molar-refractivity contribution in [1.82, 2.24) is 15.0 Å². The minimum absolute atomic E-state index is 0.0850. The van der Waals surface area contributed by atoms with Gasteiger partial charge in [0.05, 0.1) is 19.8 Å². The summed E-state index contributed by atoms with van der Waals surface area (Å²) in [6, 6.07) is 0. The summed E-state index contributed by atoms with van der Waals surface area (Å²) in [4.78, 5) is 11.5. The fourth-order valence-corrected chi connectivity index (χ4v) is 1.61. The van der Waals surface area contributed by atoms with Crippen LogP contribution in [-0.2, 0) is 20.8 Å². The molecule has 0 saturated heterocycles. The second kappa shape index (κ2) is 9.35. The Morgan fingerprint density at radius 2 is 2.10 bits per heavy atom. The average Bonchev–Trinajstić information content (AvgIpc) is 2.87. The smallest absolute Gasteiger partial charge is 0.361 e. The summed E-state index contributed by atoms with van der Waals surface area (Å²) >= 11 is 0. The summed E-state index contributed by atoms with van der Waals surface area (Å²) in [6.45, 7) is 3.13. The second-order valence-electron chi connectivity index (χ2n) is 4.03. The molecule has 0 aliphatic carbocycles. The monoisotopic (exact) mass is 307 g/mol. The van der Waals surface area contributed by atoms with Crippen molar-refractivity contribution in [2.75, 3.05) is 33.5 Å². The van der Waals surface area contributed by atoms with Crippen molar-refractivity contribution in [2.24, 2.45) is 0 Å². The van der Waals surface area contributed by atoms with Crippen molar-refractivity contribution in [3.63, 3.8) is 0 Å². The van der Waals surface area contributed by atoms with Crippen LogP contribution in [0.25, 0.3) is 0 Å². The van der Waals surface area contributed by atoms with E-state index in [0.29, 0.717) is 26.2 Å². The van der Waals surface area contributed by atoms with Crippen LogP contribution in [-0.4, -0.2) is 54.5 Å². The lowest BCUT2D eigenvalue weighted by Crippen LogP contribution is -2.13. The zero-order valence-electron chi connectivity index (χ0n) is 12.1. The lowest BCUT2D eigenvalue weighted by molar-refractivity contribution is 0.0506. The number of halogens is 2. The Kier molecular flexibility index (Phi) is 7.76. The highest BCUT2D eigenvalue weighted by molar-refractivity contribution is 5.88. The van der Waals surface area contributed by atoms with E-state index < -0.39 is 23.8 Å². The van der Waals surface area contributed by atoms with E-state index in [9.17, 15) is 13.6 Å². The third-order valence-corrected chi connectivity index (χ3v) is 2.54. The molecular formula is C12H19F2N3O4. The molecule has 0 N–H and O–H groups in total. The van der Waals surface area contributed by atoms with Gasteiger partial charge in [0.2, 0.25) is 0 Å². The Morgan fingerprint density at radius 3 is 2.71 bits per heavy atom. The van der Waals surface area contributed by atoms with Crippen LogP contribution in [0.4, 0.5) is 8.78 Å². The molecule has 1 rings (SSSR count). The van der Waals surface area contributed by atoms with Gasteiger partial charge in [0, 0.05) is 20.3 Å². The van der Waals surface area contributed by atoms with E-state index in [-0.39, 0.29) is 13.2 Å². The van der Waals surface area contributed by atoms with Gasteiger partial charge in [0.1, 0.15) is 5.69 Å². The van der Waals surface area contributed by atoms with Crippen molar-refractivity contribution in [2.45, 2.75) is 26.3 Å². The molecule has 0 amide bonds. The molecule has 0 spiro atoms. The maximum Gasteiger partial charge on any atom is 0.361 e. The number of esters is 1. The van der Waals surface area contributed by atoms with Gasteiger partial charge in [0.15, 0.2) is 5.69 Å². The summed E-state index contributed by atoms with van der Waals surface area (Å²) < 4.78 is 41.8. The molecule has 7 nitrogen and oxygen atoms in total. The van der Waals surface area contributed by atoms with Gasteiger partial charge in [-0.15, -0.1) is 5.10 Å². The molecule has 0 aliphatic heterocycles. The molecule has 0 saturated carbocycles. The summed E-state index contributed by atoms with van der Waals surface area (Å²) in [6.07, 6.45) is -2.39. The number of ether oxygens (including phenoxy) is 3. The van der Waals surface area contributed by atoms with Crippen LogP contribution in [0.5, 0.6) is 0 Å². The van der Waals surface area contributed by atoms with Crippen molar-refractivity contribution in [3.05, 3.63) is 11.4 Å². The number of carbonyl (C=O) groups excluding carboxylic acids is 1. The Bertz CT molecular complexity index is 440. The molecule has 0 aromatic carbocycles. The maximum absolute atomic E-state index is 13.0. The molecule has 1 heterocycles. The molecule has 1 aromatic rings. The SMILES string of the molecule is CCOC(=O)c1nnn(CCCOCCOC)c1C(F)F. The average molecular weight is 307 g/mol. The Labute approximate surface area is 121 Å². The lowest BCUT2D eigenvalue weighted by Gasteiger charge is -2.07. The molecule has 0 unspecified atom stereocenters. The van der Waals surface area contributed by atoms with Crippen LogP contribution >= 0.6 is 0 Å². The minimum Gasteiger partial charge on any atom is -0.461 e. The van der Waals surface area contributed by atoms with Crippen LogP contribution < -0.4 is 0 Å². The van der Waals surface area contributed by atoms with Crippen molar-refractivity contribution >= 4 is 5.97 Å². The van der Waals surface area contributed by atoms with Gasteiger partial charge < -0.3 is 14.2 Å². The van der Waals surface area contributed by atoms with Crippen LogP contribution in [0.15, 0.2) is 0 Å². The van der Waals surface area contributed by atoms with Crippen molar-refractivity contribution < 1.29 is 27.8 Å². The zero-order valence-corrected chi connectivity index (χ0v) is 12.1. The Balaban J connectivity index is 2.59. The van der Waals surface area contributed by atoms with Gasteiger partial charge in [-0.2, -0.15) is 0 Å². The highest BCUT2D eigenvalue weighted by Crippen LogP contribution is 2.22. The largest absolute Gasteiger partial charge is 0.461 e. The number of methoxy groups -OCH3 is 1. The normalized spacial score (nSPS) is 11.1. The highest BCUT2D eigenvalue weighted by Gasteiger charge is 2.27. The quantitative estimate of drug-likeness (QED) is 0.481. The number of hydrogen-bond acceptors (Lipinski definition) is 6. The summed E-state index contributed by atoms with van der Waals surface area (Å²) in [5.74, 6) is -0.893. The molecule has 0 atom stereocenters. The molecule has 0 radical (unpaired) electrons. The first-order chi connectivity index (χ1) is 10.1. The van der Waals surface area contributed by atoms with E-state index in [1.807, 2.05) is 0 Å². The van der Waals surface area contributed by atoms with Gasteiger partial charge in [-0.1, -0.05) is 5.21 Å². The van der Waals surface area contributed by atoms with E-state index in [2.05, 4.69) is 15.0 Å². The number of rotatable bonds is 10. The van der Waals surface area contributed by atoms with E-state index in [1.54, 1.807) is 14.0 Å². The predicted molar refractivity (Wildman–Crippen MR) is 68.2 cm³/mol. The Morgan fingerprint density at radius 1 is 1.33 bits per heavy atom. The van der Waals surface area contributed by atoms with Gasteiger partial charge in [-0.05, 0) is 13.3 Å².